The lowest BCUT2D eigenvalue weighted by molar-refractivity contribution is -0.137. The quantitative estimate of drug-likeness (QED) is 0.433. The largest absolute Gasteiger partial charge is 0.416 e. The van der Waals surface area contributed by atoms with Crippen LogP contribution in [0.5, 0.6) is 0 Å². The molecule has 0 radical (unpaired) electrons. The van der Waals surface area contributed by atoms with E-state index in [9.17, 15) is 18.3 Å². The number of rotatable bonds is 6. The molecule has 0 spiro atoms. The van der Waals surface area contributed by atoms with Gasteiger partial charge in [-0.25, -0.2) is 0 Å². The lowest BCUT2D eigenvalue weighted by atomic mass is 9.98. The van der Waals surface area contributed by atoms with Crippen molar-refractivity contribution in [2.75, 3.05) is 0 Å². The van der Waals surface area contributed by atoms with Crippen LogP contribution in [0.2, 0.25) is 18.1 Å². The summed E-state index contributed by atoms with van der Waals surface area (Å²) in [6, 6.07) is 10.6. The van der Waals surface area contributed by atoms with Gasteiger partial charge in [-0.3, -0.25) is 0 Å². The van der Waals surface area contributed by atoms with Crippen molar-refractivity contribution in [2.24, 2.45) is 0 Å². The topological polar surface area (TPSA) is 29.5 Å². The number of hydrogen-bond donors (Lipinski definition) is 1. The predicted molar refractivity (Wildman–Crippen MR) is 116 cm³/mol. The first-order chi connectivity index (χ1) is 13.2. The smallest absolute Gasteiger partial charge is 0.413 e. The van der Waals surface area contributed by atoms with Crippen molar-refractivity contribution in [3.63, 3.8) is 0 Å². The van der Waals surface area contributed by atoms with Crippen LogP contribution in [-0.2, 0) is 23.6 Å². The molecular formula is C22H28BrF3O2Si. The molecule has 0 bridgehead atoms. The van der Waals surface area contributed by atoms with Crippen LogP contribution in [0.25, 0.3) is 0 Å². The third kappa shape index (κ3) is 6.41. The first-order valence-corrected chi connectivity index (χ1v) is 13.2. The Balaban J connectivity index is 2.16. The maximum absolute atomic E-state index is 12.9. The second-order valence-electron chi connectivity index (χ2n) is 8.82. The monoisotopic (exact) mass is 488 g/mol. The van der Waals surface area contributed by atoms with E-state index in [0.29, 0.717) is 17.7 Å². The molecule has 1 N–H and O–H groups in total. The molecule has 2 nitrogen and oxygen atoms in total. The molecule has 0 saturated carbocycles. The lowest BCUT2D eigenvalue weighted by Crippen LogP contribution is -2.40. The van der Waals surface area contributed by atoms with Crippen molar-refractivity contribution in [1.82, 2.24) is 0 Å². The van der Waals surface area contributed by atoms with E-state index in [2.05, 4.69) is 49.8 Å². The van der Waals surface area contributed by atoms with Gasteiger partial charge in [0.2, 0.25) is 0 Å². The minimum atomic E-state index is -4.40. The van der Waals surface area contributed by atoms with Gasteiger partial charge >= 0.3 is 6.18 Å². The van der Waals surface area contributed by atoms with Gasteiger partial charge in [0.05, 0.1) is 18.3 Å². The molecule has 0 aromatic heterocycles. The highest BCUT2D eigenvalue weighted by Gasteiger charge is 2.37. The van der Waals surface area contributed by atoms with Crippen molar-refractivity contribution in [1.29, 1.82) is 0 Å². The average molecular weight is 489 g/mol. The van der Waals surface area contributed by atoms with Crippen LogP contribution in [0.15, 0.2) is 46.9 Å². The summed E-state index contributed by atoms with van der Waals surface area (Å²) in [4.78, 5) is 0. The van der Waals surface area contributed by atoms with Crippen molar-refractivity contribution in [2.45, 2.75) is 64.2 Å². The fraction of sp³-hybridized carbons (Fsp3) is 0.455. The number of halogens is 4. The number of aliphatic hydroxyl groups is 1. The molecule has 0 fully saturated rings. The number of hydrogen-bond acceptors (Lipinski definition) is 2. The summed E-state index contributed by atoms with van der Waals surface area (Å²) < 4.78 is 45.9. The first kappa shape index (κ1) is 24.1. The third-order valence-electron chi connectivity index (χ3n) is 5.53. The molecular weight excluding hydrogens is 461 g/mol. The Morgan fingerprint density at radius 2 is 1.72 bits per heavy atom. The van der Waals surface area contributed by atoms with E-state index in [-0.39, 0.29) is 11.5 Å². The second-order valence-corrected chi connectivity index (χ2v) is 14.5. The molecule has 1 atom stereocenters. The normalized spacial score (nSPS) is 14.1. The summed E-state index contributed by atoms with van der Waals surface area (Å²) in [7, 11) is -1.93. The van der Waals surface area contributed by atoms with Crippen molar-refractivity contribution in [3.05, 3.63) is 69.2 Å². The van der Waals surface area contributed by atoms with E-state index in [1.165, 1.54) is 6.07 Å². The SMILES string of the molecule is CC(C)(C)[Si](C)(C)OCc1cc(C(O)Cc2cccc(C(F)(F)F)c2)ccc1Br. The Morgan fingerprint density at radius 3 is 2.31 bits per heavy atom. The number of alkyl halides is 3. The van der Waals surface area contributed by atoms with Gasteiger partial charge in [-0.05, 0) is 53.0 Å². The van der Waals surface area contributed by atoms with Crippen LogP contribution < -0.4 is 0 Å². The molecule has 2 rings (SSSR count). The van der Waals surface area contributed by atoms with E-state index in [1.54, 1.807) is 12.1 Å². The Labute approximate surface area is 180 Å². The molecule has 0 saturated heterocycles. The summed E-state index contributed by atoms with van der Waals surface area (Å²) in [5, 5.41) is 10.7. The van der Waals surface area contributed by atoms with Crippen LogP contribution in [-0.4, -0.2) is 13.4 Å². The van der Waals surface area contributed by atoms with Crippen LogP contribution in [0.4, 0.5) is 13.2 Å². The van der Waals surface area contributed by atoms with Gasteiger partial charge in [0.25, 0.3) is 0 Å². The van der Waals surface area contributed by atoms with E-state index in [4.69, 9.17) is 4.43 Å². The zero-order valence-electron chi connectivity index (χ0n) is 17.4. The van der Waals surface area contributed by atoms with Crippen LogP contribution in [0.1, 0.15) is 49.1 Å². The first-order valence-electron chi connectivity index (χ1n) is 9.47. The van der Waals surface area contributed by atoms with Crippen molar-refractivity contribution in [3.8, 4) is 0 Å². The Bertz CT molecular complexity index is 845. The molecule has 1 unspecified atom stereocenters. The summed E-state index contributed by atoms with van der Waals surface area (Å²) in [5.74, 6) is 0. The molecule has 2 aromatic carbocycles. The maximum atomic E-state index is 12.9. The minimum Gasteiger partial charge on any atom is -0.413 e. The number of aliphatic hydroxyl groups excluding tert-OH is 1. The van der Waals surface area contributed by atoms with E-state index in [0.717, 1.165) is 22.2 Å². The zero-order chi connectivity index (χ0) is 22.0. The number of benzene rings is 2. The van der Waals surface area contributed by atoms with E-state index in [1.807, 2.05) is 12.1 Å². The molecule has 0 aliphatic carbocycles. The summed E-state index contributed by atoms with van der Waals surface area (Å²) >= 11 is 3.52. The summed E-state index contributed by atoms with van der Waals surface area (Å²) in [6.07, 6.45) is -5.20. The van der Waals surface area contributed by atoms with Gasteiger partial charge in [-0.15, -0.1) is 0 Å². The third-order valence-corrected chi connectivity index (χ3v) is 10.8. The molecule has 0 aliphatic rings. The summed E-state index contributed by atoms with van der Waals surface area (Å²) in [6.45, 7) is 11.3. The summed E-state index contributed by atoms with van der Waals surface area (Å²) in [5.41, 5.74) is 1.30. The minimum absolute atomic E-state index is 0.0834. The van der Waals surface area contributed by atoms with Gasteiger partial charge in [0.15, 0.2) is 8.32 Å². The molecule has 0 aliphatic heterocycles. The van der Waals surface area contributed by atoms with Crippen molar-refractivity contribution >= 4 is 24.2 Å². The molecule has 0 amide bonds. The molecule has 0 heterocycles. The van der Waals surface area contributed by atoms with E-state index < -0.39 is 26.2 Å². The van der Waals surface area contributed by atoms with Crippen LogP contribution in [0, 0.1) is 0 Å². The molecule has 2 aromatic rings. The predicted octanol–water partition coefficient (Wildman–Crippen LogP) is 7.27. The van der Waals surface area contributed by atoms with E-state index >= 15 is 0 Å². The fourth-order valence-electron chi connectivity index (χ4n) is 2.60. The lowest BCUT2D eigenvalue weighted by Gasteiger charge is -2.36. The van der Waals surface area contributed by atoms with Gasteiger partial charge < -0.3 is 9.53 Å². The maximum Gasteiger partial charge on any atom is 0.416 e. The molecule has 7 heteroatoms. The highest BCUT2D eigenvalue weighted by molar-refractivity contribution is 9.10. The Hall–Kier alpha value is -1.15. The highest BCUT2D eigenvalue weighted by atomic mass is 79.9. The van der Waals surface area contributed by atoms with Gasteiger partial charge in [-0.2, -0.15) is 13.2 Å². The zero-order valence-corrected chi connectivity index (χ0v) is 20.0. The standard InChI is InChI=1S/C22H28BrF3O2Si/c1-21(2,3)29(4,5)28-14-17-13-16(9-10-19(17)23)20(27)12-15-7-6-8-18(11-15)22(24,25)26/h6-11,13,20,27H,12,14H2,1-5H3. The average Bonchev–Trinajstić information content (AvgIpc) is 2.59. The van der Waals surface area contributed by atoms with Crippen LogP contribution in [0.3, 0.4) is 0 Å². The fourth-order valence-corrected chi connectivity index (χ4v) is 3.91. The van der Waals surface area contributed by atoms with Gasteiger partial charge in [-0.1, -0.05) is 61.0 Å². The molecule has 29 heavy (non-hydrogen) atoms. The Morgan fingerprint density at radius 1 is 1.07 bits per heavy atom. The second kappa shape index (κ2) is 8.92. The molecule has 160 valence electrons. The van der Waals surface area contributed by atoms with Gasteiger partial charge in [0.1, 0.15) is 0 Å². The van der Waals surface area contributed by atoms with Crippen LogP contribution >= 0.6 is 15.9 Å². The highest BCUT2D eigenvalue weighted by Crippen LogP contribution is 2.38. The van der Waals surface area contributed by atoms with Gasteiger partial charge in [0, 0.05) is 10.9 Å². The van der Waals surface area contributed by atoms with Crippen molar-refractivity contribution < 1.29 is 22.7 Å². The Kier molecular flexibility index (Phi) is 7.42.